The van der Waals surface area contributed by atoms with Gasteiger partial charge in [0.1, 0.15) is 5.69 Å². The molecule has 1 aliphatic heterocycles. The van der Waals surface area contributed by atoms with Gasteiger partial charge < -0.3 is 14.7 Å². The van der Waals surface area contributed by atoms with Crippen molar-refractivity contribution in [3.05, 3.63) is 60.0 Å². The van der Waals surface area contributed by atoms with Crippen LogP contribution in [0.4, 0.5) is 22.0 Å². The molecule has 2 N–H and O–H groups in total. The molecular weight excluding hydrogens is 387 g/mol. The lowest BCUT2D eigenvalue weighted by atomic mass is 10.1. The molecule has 4 aromatic heterocycles. The van der Waals surface area contributed by atoms with Crippen LogP contribution in [0.2, 0.25) is 0 Å². The summed E-state index contributed by atoms with van der Waals surface area (Å²) in [5, 5.41) is 13.9. The predicted octanol–water partition coefficient (Wildman–Crippen LogP) is 3.78. The van der Waals surface area contributed by atoms with Gasteiger partial charge in [0, 0.05) is 30.6 Å². The number of hydrogen-bond acceptors (Lipinski definition) is 8. The minimum atomic E-state index is -0.549. The van der Waals surface area contributed by atoms with Crippen molar-refractivity contribution in [3.8, 4) is 11.4 Å². The third-order valence-corrected chi connectivity index (χ3v) is 4.98. The molecule has 0 radical (unpaired) electrons. The maximum Gasteiger partial charge on any atom is 0.228 e. The minimum absolute atomic E-state index is 0.0731. The lowest BCUT2D eigenvalue weighted by Crippen LogP contribution is -2.24. The van der Waals surface area contributed by atoms with Crippen molar-refractivity contribution in [1.29, 1.82) is 0 Å². The first-order valence-electron chi connectivity index (χ1n) is 9.63. The average molecular weight is 406 g/mol. The van der Waals surface area contributed by atoms with Crippen molar-refractivity contribution in [2.24, 2.45) is 0 Å². The molecule has 152 valence electrons. The van der Waals surface area contributed by atoms with Crippen LogP contribution in [0.3, 0.4) is 0 Å². The van der Waals surface area contributed by atoms with E-state index in [2.05, 4.69) is 35.6 Å². The van der Waals surface area contributed by atoms with Crippen LogP contribution in [0.1, 0.15) is 30.3 Å². The molecule has 9 nitrogen and oxygen atoms in total. The Hall–Kier alpha value is -3.82. The Labute approximate surface area is 171 Å². The Kier molecular flexibility index (Phi) is 4.58. The van der Waals surface area contributed by atoms with Gasteiger partial charge in [0.15, 0.2) is 23.2 Å². The van der Waals surface area contributed by atoms with E-state index in [1.165, 1.54) is 6.20 Å². The Balaban J connectivity index is 1.41. The van der Waals surface area contributed by atoms with Gasteiger partial charge in [0.2, 0.25) is 5.95 Å². The van der Waals surface area contributed by atoms with E-state index in [1.807, 2.05) is 36.1 Å². The quantitative estimate of drug-likeness (QED) is 0.515. The summed E-state index contributed by atoms with van der Waals surface area (Å²) >= 11 is 0. The van der Waals surface area contributed by atoms with Crippen LogP contribution in [0.5, 0.6) is 0 Å². The summed E-state index contributed by atoms with van der Waals surface area (Å²) in [6, 6.07) is 9.21. The zero-order valence-corrected chi connectivity index (χ0v) is 16.2. The minimum Gasteiger partial charge on any atom is -0.358 e. The number of halogens is 1. The van der Waals surface area contributed by atoms with E-state index in [1.54, 1.807) is 12.3 Å². The summed E-state index contributed by atoms with van der Waals surface area (Å²) in [5.41, 5.74) is 2.28. The summed E-state index contributed by atoms with van der Waals surface area (Å²) in [6.07, 6.45) is 4.68. The van der Waals surface area contributed by atoms with E-state index in [0.717, 1.165) is 30.8 Å². The zero-order valence-electron chi connectivity index (χ0n) is 16.2. The Morgan fingerprint density at radius 1 is 1.23 bits per heavy atom. The van der Waals surface area contributed by atoms with Crippen molar-refractivity contribution in [3.63, 3.8) is 0 Å². The molecule has 1 unspecified atom stereocenters. The van der Waals surface area contributed by atoms with E-state index >= 15 is 0 Å². The highest BCUT2D eigenvalue weighted by Crippen LogP contribution is 2.36. The van der Waals surface area contributed by atoms with Gasteiger partial charge >= 0.3 is 0 Å². The molecule has 0 spiro atoms. The molecule has 0 saturated carbocycles. The molecule has 10 heteroatoms. The summed E-state index contributed by atoms with van der Waals surface area (Å²) in [4.78, 5) is 14.9. The topological polar surface area (TPSA) is 109 Å². The van der Waals surface area contributed by atoms with Crippen molar-refractivity contribution >= 4 is 17.6 Å². The first-order chi connectivity index (χ1) is 14.7. The third-order valence-electron chi connectivity index (χ3n) is 4.98. The maximum atomic E-state index is 14.3. The molecule has 5 rings (SSSR count). The van der Waals surface area contributed by atoms with Crippen LogP contribution >= 0.6 is 0 Å². The number of H-pyrrole nitrogens is 1. The number of anilines is 3. The molecule has 1 aliphatic rings. The second kappa shape index (κ2) is 7.54. The monoisotopic (exact) mass is 406 g/mol. The predicted molar refractivity (Wildman–Crippen MR) is 108 cm³/mol. The number of nitrogens with zero attached hydrogens (tertiary/aromatic N) is 6. The fourth-order valence-electron chi connectivity index (χ4n) is 3.57. The van der Waals surface area contributed by atoms with E-state index in [4.69, 9.17) is 4.52 Å². The highest BCUT2D eigenvalue weighted by molar-refractivity contribution is 5.56. The second-order valence-corrected chi connectivity index (χ2v) is 7.11. The molecule has 1 fully saturated rings. The Morgan fingerprint density at radius 2 is 2.17 bits per heavy atom. The SMILES string of the molecule is Cc1cc(Nc2nc(N3CCCC3c3cc(-c4ccccn4)no3)ncc2F)n[nH]1. The smallest absolute Gasteiger partial charge is 0.228 e. The van der Waals surface area contributed by atoms with Crippen molar-refractivity contribution in [1.82, 2.24) is 30.3 Å². The number of aromatic amines is 1. The summed E-state index contributed by atoms with van der Waals surface area (Å²) in [6.45, 7) is 2.60. The normalized spacial score (nSPS) is 16.2. The highest BCUT2D eigenvalue weighted by Gasteiger charge is 2.32. The standard InChI is InChI=1S/C20H19FN8O/c1-12-9-18(27-26-12)24-19-13(21)11-23-20(25-19)29-8-4-6-16(29)17-10-15(28-30-17)14-5-2-3-7-22-14/h2-3,5,7,9-11,16H,4,6,8H2,1H3,(H2,23,24,25,26,27). The van der Waals surface area contributed by atoms with Gasteiger partial charge in [-0.1, -0.05) is 11.2 Å². The molecule has 1 atom stereocenters. The molecule has 30 heavy (non-hydrogen) atoms. The van der Waals surface area contributed by atoms with E-state index in [-0.39, 0.29) is 11.9 Å². The second-order valence-electron chi connectivity index (χ2n) is 7.11. The van der Waals surface area contributed by atoms with Crippen LogP contribution in [-0.4, -0.2) is 36.9 Å². The van der Waals surface area contributed by atoms with Crippen molar-refractivity contribution in [2.45, 2.75) is 25.8 Å². The number of nitrogens with one attached hydrogen (secondary N) is 2. The van der Waals surface area contributed by atoms with Crippen LogP contribution in [0.25, 0.3) is 11.4 Å². The fourth-order valence-corrected chi connectivity index (χ4v) is 3.57. The van der Waals surface area contributed by atoms with Gasteiger partial charge in [-0.05, 0) is 31.9 Å². The van der Waals surface area contributed by atoms with Gasteiger partial charge in [-0.15, -0.1) is 0 Å². The summed E-state index contributed by atoms with van der Waals surface area (Å²) < 4.78 is 19.9. The van der Waals surface area contributed by atoms with Gasteiger partial charge in [-0.2, -0.15) is 10.1 Å². The number of aromatic nitrogens is 6. The fraction of sp³-hybridized carbons (Fsp3) is 0.250. The molecular formula is C20H19FN8O. The van der Waals surface area contributed by atoms with Crippen molar-refractivity contribution < 1.29 is 8.91 Å². The van der Waals surface area contributed by atoms with E-state index in [9.17, 15) is 4.39 Å². The molecule has 4 aromatic rings. The molecule has 0 aromatic carbocycles. The van der Waals surface area contributed by atoms with Crippen LogP contribution < -0.4 is 10.2 Å². The molecule has 0 amide bonds. The van der Waals surface area contributed by atoms with Gasteiger partial charge in [0.25, 0.3) is 0 Å². The molecule has 1 saturated heterocycles. The van der Waals surface area contributed by atoms with E-state index < -0.39 is 5.82 Å². The van der Waals surface area contributed by atoms with E-state index in [0.29, 0.717) is 23.2 Å². The molecule has 0 bridgehead atoms. The van der Waals surface area contributed by atoms with Gasteiger partial charge in [-0.3, -0.25) is 10.1 Å². The number of rotatable bonds is 5. The van der Waals surface area contributed by atoms with Crippen molar-refractivity contribution in [2.75, 3.05) is 16.8 Å². The summed E-state index contributed by atoms with van der Waals surface area (Å²) in [5.74, 6) is 1.14. The van der Waals surface area contributed by atoms with Gasteiger partial charge in [-0.25, -0.2) is 9.37 Å². The largest absolute Gasteiger partial charge is 0.358 e. The van der Waals surface area contributed by atoms with Gasteiger partial charge in [0.05, 0.1) is 17.9 Å². The third kappa shape index (κ3) is 3.47. The lowest BCUT2D eigenvalue weighted by molar-refractivity contribution is 0.362. The Morgan fingerprint density at radius 3 is 2.97 bits per heavy atom. The molecule has 5 heterocycles. The zero-order chi connectivity index (χ0) is 20.5. The number of aryl methyl sites for hydroxylation is 1. The number of pyridine rings is 1. The summed E-state index contributed by atoms with van der Waals surface area (Å²) in [7, 11) is 0. The first-order valence-corrected chi connectivity index (χ1v) is 9.63. The highest BCUT2D eigenvalue weighted by atomic mass is 19.1. The van der Waals surface area contributed by atoms with Crippen LogP contribution in [-0.2, 0) is 0 Å². The average Bonchev–Trinajstić information content (AvgIpc) is 3.51. The Bertz CT molecular complexity index is 1160. The molecule has 0 aliphatic carbocycles. The lowest BCUT2D eigenvalue weighted by Gasteiger charge is -2.22. The maximum absolute atomic E-state index is 14.3. The number of hydrogen-bond donors (Lipinski definition) is 2. The van der Waals surface area contributed by atoms with Crippen LogP contribution in [0, 0.1) is 12.7 Å². The van der Waals surface area contributed by atoms with Crippen LogP contribution in [0.15, 0.2) is 47.2 Å². The first kappa shape index (κ1) is 18.2.